The number of hydrogen-bond acceptors (Lipinski definition) is 7. The molecular formula is C18H25N3O3S2. The maximum absolute atomic E-state index is 9.78. The van der Waals surface area contributed by atoms with E-state index in [9.17, 15) is 8.42 Å². The molecule has 6 nitrogen and oxygen atoms in total. The Labute approximate surface area is 160 Å². The second-order valence-electron chi connectivity index (χ2n) is 6.31. The van der Waals surface area contributed by atoms with Crippen molar-refractivity contribution in [1.82, 2.24) is 4.90 Å². The Bertz CT molecular complexity index is 856. The quantitative estimate of drug-likeness (QED) is 0.734. The second-order valence-corrected chi connectivity index (χ2v) is 9.24. The summed E-state index contributed by atoms with van der Waals surface area (Å²) in [6.07, 6.45) is 7.55. The fourth-order valence-electron chi connectivity index (χ4n) is 2.30. The van der Waals surface area contributed by atoms with Crippen LogP contribution in [-0.4, -0.2) is 65.8 Å². The molecule has 1 aliphatic heterocycles. The number of anilines is 1. The highest BCUT2D eigenvalue weighted by atomic mass is 32.2. The van der Waals surface area contributed by atoms with Crippen LogP contribution in [0.2, 0.25) is 0 Å². The Morgan fingerprint density at radius 2 is 1.77 bits per heavy atom. The smallest absolute Gasteiger partial charge is 0.264 e. The van der Waals surface area contributed by atoms with Gasteiger partial charge in [-0.2, -0.15) is 8.42 Å². The first-order valence-corrected chi connectivity index (χ1v) is 10.7. The van der Waals surface area contributed by atoms with Crippen molar-refractivity contribution in [3.8, 4) is 0 Å². The molecule has 0 bridgehead atoms. The number of thioether (sulfide) groups is 1. The lowest BCUT2D eigenvalue weighted by atomic mass is 10.1. The molecule has 3 rings (SSSR count). The molecule has 0 radical (unpaired) electrons. The standard InChI is InChI=1S/C16H19N3S.C2H6O3S/c1-18(2)11-5-7-13-15(9-11)20-16-10-12(19(3)4)6-8-14(16)17-13;1-5-6(2,3)4/h5-10,15H,1-4H3;1-2H3. The van der Waals surface area contributed by atoms with E-state index in [4.69, 9.17) is 4.99 Å². The summed E-state index contributed by atoms with van der Waals surface area (Å²) >= 11 is 1.88. The average molecular weight is 396 g/mol. The summed E-state index contributed by atoms with van der Waals surface area (Å²) in [5, 5.41) is 0.322. The number of fused-ring (bicyclic) bond motifs is 2. The number of benzene rings is 1. The summed E-state index contributed by atoms with van der Waals surface area (Å²) < 4.78 is 23.5. The molecule has 1 unspecified atom stereocenters. The molecule has 1 aromatic rings. The average Bonchev–Trinajstić information content (AvgIpc) is 2.58. The Balaban J connectivity index is 0.000000352. The highest BCUT2D eigenvalue weighted by Gasteiger charge is 2.24. The molecule has 8 heteroatoms. The van der Waals surface area contributed by atoms with Crippen molar-refractivity contribution in [2.75, 3.05) is 46.5 Å². The van der Waals surface area contributed by atoms with Crippen LogP contribution in [0.5, 0.6) is 0 Å². The normalized spacial score (nSPS) is 17.8. The largest absolute Gasteiger partial charge is 0.378 e. The van der Waals surface area contributed by atoms with Gasteiger partial charge in [-0.15, -0.1) is 11.8 Å². The van der Waals surface area contributed by atoms with Crippen LogP contribution in [0.1, 0.15) is 0 Å². The van der Waals surface area contributed by atoms with E-state index >= 15 is 0 Å². The third kappa shape index (κ3) is 5.36. The molecule has 0 saturated heterocycles. The van der Waals surface area contributed by atoms with Crippen molar-refractivity contribution in [2.24, 2.45) is 4.99 Å². The monoisotopic (exact) mass is 395 g/mol. The number of hydrogen-bond donors (Lipinski definition) is 0. The third-order valence-electron chi connectivity index (χ3n) is 3.82. The molecule has 142 valence electrons. The minimum atomic E-state index is -3.16. The molecule has 0 fully saturated rings. The molecule has 0 aromatic heterocycles. The Morgan fingerprint density at radius 3 is 2.31 bits per heavy atom. The zero-order chi connectivity index (χ0) is 19.5. The van der Waals surface area contributed by atoms with E-state index in [2.05, 4.69) is 78.6 Å². The number of nitrogens with zero attached hydrogens (tertiary/aromatic N) is 3. The maximum Gasteiger partial charge on any atom is 0.264 e. The highest BCUT2D eigenvalue weighted by Crippen LogP contribution is 2.41. The molecule has 0 spiro atoms. The first kappa shape index (κ1) is 20.5. The summed E-state index contributed by atoms with van der Waals surface area (Å²) in [6, 6.07) is 6.46. The Hall–Kier alpha value is -1.77. The van der Waals surface area contributed by atoms with Gasteiger partial charge >= 0.3 is 0 Å². The molecule has 0 N–H and O–H groups in total. The number of rotatable bonds is 3. The Morgan fingerprint density at radius 1 is 1.12 bits per heavy atom. The molecule has 1 heterocycles. The van der Waals surface area contributed by atoms with Gasteiger partial charge in [-0.3, -0.25) is 9.18 Å². The van der Waals surface area contributed by atoms with Crippen LogP contribution >= 0.6 is 11.8 Å². The summed E-state index contributed by atoms with van der Waals surface area (Å²) in [6.45, 7) is 0. The van der Waals surface area contributed by atoms with Crippen molar-refractivity contribution in [1.29, 1.82) is 0 Å². The lowest BCUT2D eigenvalue weighted by Gasteiger charge is -2.27. The maximum atomic E-state index is 9.78. The zero-order valence-corrected chi connectivity index (χ0v) is 17.6. The van der Waals surface area contributed by atoms with Crippen LogP contribution in [0.3, 0.4) is 0 Å². The summed E-state index contributed by atoms with van der Waals surface area (Å²) in [7, 11) is 6.24. The van der Waals surface area contributed by atoms with E-state index in [0.29, 0.717) is 5.25 Å². The topological polar surface area (TPSA) is 62.2 Å². The van der Waals surface area contributed by atoms with E-state index in [0.717, 1.165) is 24.8 Å². The van der Waals surface area contributed by atoms with Gasteiger partial charge in [0.2, 0.25) is 0 Å². The van der Waals surface area contributed by atoms with Crippen molar-refractivity contribution >= 4 is 39.0 Å². The van der Waals surface area contributed by atoms with Crippen LogP contribution in [0.15, 0.2) is 52.0 Å². The second kappa shape index (κ2) is 8.28. The van der Waals surface area contributed by atoms with Crippen LogP contribution < -0.4 is 4.90 Å². The van der Waals surface area contributed by atoms with Crippen molar-refractivity contribution < 1.29 is 12.6 Å². The lowest BCUT2D eigenvalue weighted by molar-refractivity contribution is 0.403. The van der Waals surface area contributed by atoms with E-state index in [1.165, 1.54) is 16.3 Å². The van der Waals surface area contributed by atoms with Gasteiger partial charge < -0.3 is 9.80 Å². The van der Waals surface area contributed by atoms with Gasteiger partial charge in [-0.25, -0.2) is 0 Å². The van der Waals surface area contributed by atoms with Gasteiger partial charge in [0.05, 0.1) is 30.0 Å². The summed E-state index contributed by atoms with van der Waals surface area (Å²) in [5.41, 5.74) is 4.69. The van der Waals surface area contributed by atoms with Gasteiger partial charge in [0.15, 0.2) is 0 Å². The number of likely N-dealkylation sites (N-methyl/N-ethyl adjacent to an activating group) is 1. The molecular weight excluding hydrogens is 370 g/mol. The molecule has 1 aromatic carbocycles. The van der Waals surface area contributed by atoms with Crippen LogP contribution in [0, 0.1) is 0 Å². The van der Waals surface area contributed by atoms with E-state index in [1.54, 1.807) is 0 Å². The van der Waals surface area contributed by atoms with Gasteiger partial charge in [0.25, 0.3) is 10.1 Å². The highest BCUT2D eigenvalue weighted by molar-refractivity contribution is 8.01. The summed E-state index contributed by atoms with van der Waals surface area (Å²) in [4.78, 5) is 10.3. The van der Waals surface area contributed by atoms with E-state index in [-0.39, 0.29) is 0 Å². The molecule has 0 amide bonds. The number of allylic oxidation sites excluding steroid dienone is 2. The van der Waals surface area contributed by atoms with Crippen molar-refractivity contribution in [2.45, 2.75) is 10.1 Å². The fraction of sp³-hybridized carbons (Fsp3) is 0.389. The minimum Gasteiger partial charge on any atom is -0.378 e. The predicted octanol–water partition coefficient (Wildman–Crippen LogP) is 2.91. The third-order valence-corrected chi connectivity index (χ3v) is 5.64. The summed E-state index contributed by atoms with van der Waals surface area (Å²) in [5.74, 6) is 0. The van der Waals surface area contributed by atoms with Crippen LogP contribution in [-0.2, 0) is 14.3 Å². The SMILES string of the molecule is CN(C)C1=CC2Sc3cc(N(C)C)ccc3N=C2C=C1.COS(C)(=O)=O. The number of aliphatic imine (C=N–C) groups is 1. The van der Waals surface area contributed by atoms with E-state index in [1.807, 2.05) is 11.8 Å². The van der Waals surface area contributed by atoms with Gasteiger partial charge in [-0.05, 0) is 36.4 Å². The van der Waals surface area contributed by atoms with Crippen molar-refractivity contribution in [3.63, 3.8) is 0 Å². The molecule has 1 atom stereocenters. The van der Waals surface area contributed by atoms with Gasteiger partial charge in [0, 0.05) is 44.5 Å². The van der Waals surface area contributed by atoms with Gasteiger partial charge in [0.1, 0.15) is 0 Å². The molecule has 0 saturated carbocycles. The van der Waals surface area contributed by atoms with Crippen LogP contribution in [0.4, 0.5) is 11.4 Å². The minimum absolute atomic E-state index is 0.322. The zero-order valence-electron chi connectivity index (χ0n) is 15.9. The Kier molecular flexibility index (Phi) is 6.54. The van der Waals surface area contributed by atoms with E-state index < -0.39 is 10.1 Å². The van der Waals surface area contributed by atoms with Crippen LogP contribution in [0.25, 0.3) is 0 Å². The first-order valence-electron chi connectivity index (χ1n) is 8.00. The fourth-order valence-corrected chi connectivity index (χ4v) is 3.45. The van der Waals surface area contributed by atoms with Crippen molar-refractivity contribution in [3.05, 3.63) is 42.1 Å². The molecule has 26 heavy (non-hydrogen) atoms. The molecule has 2 aliphatic rings. The lowest BCUT2D eigenvalue weighted by Crippen LogP contribution is -2.22. The first-order chi connectivity index (χ1) is 12.1. The predicted molar refractivity (Wildman–Crippen MR) is 110 cm³/mol. The van der Waals surface area contributed by atoms with Gasteiger partial charge in [-0.1, -0.05) is 0 Å². The molecule has 1 aliphatic carbocycles.